The summed E-state index contributed by atoms with van der Waals surface area (Å²) in [5.41, 5.74) is 2.78. The van der Waals surface area contributed by atoms with E-state index in [2.05, 4.69) is 53.7 Å². The molecule has 0 spiro atoms. The minimum absolute atomic E-state index is 0.0413. The maximum absolute atomic E-state index is 6.01. The van der Waals surface area contributed by atoms with Crippen LogP contribution >= 0.6 is 0 Å². The van der Waals surface area contributed by atoms with Gasteiger partial charge in [0.2, 0.25) is 0 Å². The van der Waals surface area contributed by atoms with Gasteiger partial charge in [0.15, 0.2) is 0 Å². The van der Waals surface area contributed by atoms with Crippen molar-refractivity contribution in [3.63, 3.8) is 0 Å². The summed E-state index contributed by atoms with van der Waals surface area (Å²) in [4.78, 5) is 7.93. The number of hydrogen-bond acceptors (Lipinski definition) is 4. The van der Waals surface area contributed by atoms with Crippen molar-refractivity contribution in [2.45, 2.75) is 51.8 Å². The Balaban J connectivity index is 1.32. The Bertz CT molecular complexity index is 607. The lowest BCUT2D eigenvalue weighted by atomic mass is 10.00. The van der Waals surface area contributed by atoms with Gasteiger partial charge in [0.1, 0.15) is 11.4 Å². The van der Waals surface area contributed by atoms with Crippen molar-refractivity contribution < 1.29 is 4.74 Å². The van der Waals surface area contributed by atoms with E-state index in [-0.39, 0.29) is 5.60 Å². The average molecular weight is 344 g/mol. The Hall–Kier alpha value is -1.10. The molecule has 3 heterocycles. The van der Waals surface area contributed by atoms with Crippen LogP contribution in [-0.4, -0.2) is 72.2 Å². The SMILES string of the molecule is CCN1CCN([C@H]2CCN(Cc3ccc4c(c3)CC(C)(C)O4)C2)CC1. The van der Waals surface area contributed by atoms with Gasteiger partial charge in [-0.3, -0.25) is 9.80 Å². The first-order valence-electron chi connectivity index (χ1n) is 10.0. The highest BCUT2D eigenvalue weighted by Gasteiger charge is 2.31. The van der Waals surface area contributed by atoms with E-state index in [0.29, 0.717) is 0 Å². The molecular weight excluding hydrogens is 310 g/mol. The van der Waals surface area contributed by atoms with Crippen molar-refractivity contribution in [3.05, 3.63) is 29.3 Å². The molecule has 0 aliphatic carbocycles. The molecular formula is C21H33N3O. The average Bonchev–Trinajstić information content (AvgIpc) is 3.17. The van der Waals surface area contributed by atoms with Crippen LogP contribution in [0.4, 0.5) is 0 Å². The molecule has 4 heteroatoms. The van der Waals surface area contributed by atoms with Crippen LogP contribution < -0.4 is 4.74 Å². The van der Waals surface area contributed by atoms with Gasteiger partial charge >= 0.3 is 0 Å². The van der Waals surface area contributed by atoms with Gasteiger partial charge in [-0.1, -0.05) is 19.1 Å². The summed E-state index contributed by atoms with van der Waals surface area (Å²) in [6, 6.07) is 7.57. The Kier molecular flexibility index (Phi) is 4.78. The molecule has 0 N–H and O–H groups in total. The van der Waals surface area contributed by atoms with Crippen LogP contribution in [-0.2, 0) is 13.0 Å². The number of ether oxygens (including phenoxy) is 1. The Morgan fingerprint density at radius 1 is 1.08 bits per heavy atom. The van der Waals surface area contributed by atoms with Crippen molar-refractivity contribution in [1.29, 1.82) is 0 Å². The molecule has 0 bridgehead atoms. The Morgan fingerprint density at radius 3 is 2.64 bits per heavy atom. The molecule has 1 aromatic carbocycles. The van der Waals surface area contributed by atoms with E-state index in [1.165, 1.54) is 63.4 Å². The molecule has 4 rings (SSSR count). The van der Waals surface area contributed by atoms with E-state index in [0.717, 1.165) is 24.8 Å². The molecule has 0 aromatic heterocycles. The summed E-state index contributed by atoms with van der Waals surface area (Å²) < 4.78 is 6.01. The van der Waals surface area contributed by atoms with Gasteiger partial charge in [0.05, 0.1) is 0 Å². The summed E-state index contributed by atoms with van der Waals surface area (Å²) in [5, 5.41) is 0. The van der Waals surface area contributed by atoms with Crippen molar-refractivity contribution in [1.82, 2.24) is 14.7 Å². The molecule has 3 aliphatic rings. The number of fused-ring (bicyclic) bond motifs is 1. The molecule has 1 aromatic rings. The van der Waals surface area contributed by atoms with E-state index in [4.69, 9.17) is 4.74 Å². The second-order valence-electron chi connectivity index (χ2n) is 8.63. The highest BCUT2D eigenvalue weighted by atomic mass is 16.5. The standard InChI is InChI=1S/C21H33N3O/c1-4-22-9-11-24(12-10-22)19-7-8-23(16-19)15-17-5-6-20-18(13-17)14-21(2,3)25-20/h5-6,13,19H,4,7-12,14-16H2,1-3H3/t19-/m0/s1. The molecule has 25 heavy (non-hydrogen) atoms. The van der Waals surface area contributed by atoms with Crippen LogP contribution in [0.2, 0.25) is 0 Å². The zero-order valence-corrected chi connectivity index (χ0v) is 16.1. The fraction of sp³-hybridized carbons (Fsp3) is 0.714. The van der Waals surface area contributed by atoms with Crippen LogP contribution in [0.25, 0.3) is 0 Å². The largest absolute Gasteiger partial charge is 0.487 e. The maximum Gasteiger partial charge on any atom is 0.123 e. The minimum Gasteiger partial charge on any atom is -0.487 e. The third-order valence-electron chi connectivity index (χ3n) is 6.15. The number of rotatable bonds is 4. The summed E-state index contributed by atoms with van der Waals surface area (Å²) in [5.74, 6) is 1.09. The predicted molar refractivity (Wildman–Crippen MR) is 102 cm³/mol. The van der Waals surface area contributed by atoms with Crippen LogP contribution in [0.3, 0.4) is 0 Å². The zero-order chi connectivity index (χ0) is 17.4. The van der Waals surface area contributed by atoms with Gasteiger partial charge in [0, 0.05) is 58.3 Å². The summed E-state index contributed by atoms with van der Waals surface area (Å²) in [7, 11) is 0. The number of piperazine rings is 1. The van der Waals surface area contributed by atoms with Crippen LogP contribution in [0.1, 0.15) is 38.3 Å². The normalized spacial score (nSPS) is 27.4. The van der Waals surface area contributed by atoms with Gasteiger partial charge in [-0.2, -0.15) is 0 Å². The number of likely N-dealkylation sites (N-methyl/N-ethyl adjacent to an activating group) is 1. The Labute approximate surface area is 152 Å². The fourth-order valence-corrected chi connectivity index (χ4v) is 4.72. The maximum atomic E-state index is 6.01. The quantitative estimate of drug-likeness (QED) is 0.836. The van der Waals surface area contributed by atoms with Crippen molar-refractivity contribution in [2.24, 2.45) is 0 Å². The summed E-state index contributed by atoms with van der Waals surface area (Å²) >= 11 is 0. The first-order valence-corrected chi connectivity index (χ1v) is 10.0. The zero-order valence-electron chi connectivity index (χ0n) is 16.1. The van der Waals surface area contributed by atoms with Crippen LogP contribution in [0, 0.1) is 0 Å². The van der Waals surface area contributed by atoms with Crippen LogP contribution in [0.5, 0.6) is 5.75 Å². The third kappa shape index (κ3) is 3.86. The first-order chi connectivity index (χ1) is 12.0. The smallest absolute Gasteiger partial charge is 0.123 e. The van der Waals surface area contributed by atoms with Crippen molar-refractivity contribution in [3.8, 4) is 5.75 Å². The number of likely N-dealkylation sites (tertiary alicyclic amines) is 1. The molecule has 2 saturated heterocycles. The molecule has 138 valence electrons. The van der Waals surface area contributed by atoms with E-state index < -0.39 is 0 Å². The lowest BCUT2D eigenvalue weighted by molar-refractivity contribution is 0.101. The number of benzene rings is 1. The molecule has 2 fully saturated rings. The van der Waals surface area contributed by atoms with E-state index in [9.17, 15) is 0 Å². The number of hydrogen-bond donors (Lipinski definition) is 0. The van der Waals surface area contributed by atoms with Gasteiger partial charge in [0.25, 0.3) is 0 Å². The third-order valence-corrected chi connectivity index (χ3v) is 6.15. The van der Waals surface area contributed by atoms with Crippen LogP contribution in [0.15, 0.2) is 18.2 Å². The molecule has 0 unspecified atom stereocenters. The van der Waals surface area contributed by atoms with Gasteiger partial charge in [-0.15, -0.1) is 0 Å². The monoisotopic (exact) mass is 343 g/mol. The minimum atomic E-state index is -0.0413. The molecule has 4 nitrogen and oxygen atoms in total. The lowest BCUT2D eigenvalue weighted by Crippen LogP contribution is -2.50. The van der Waals surface area contributed by atoms with Gasteiger partial charge in [-0.25, -0.2) is 0 Å². The van der Waals surface area contributed by atoms with Gasteiger partial charge < -0.3 is 9.64 Å². The summed E-state index contributed by atoms with van der Waals surface area (Å²) in [6.07, 6.45) is 2.35. The van der Waals surface area contributed by atoms with E-state index in [1.807, 2.05) is 0 Å². The molecule has 0 radical (unpaired) electrons. The lowest BCUT2D eigenvalue weighted by Gasteiger charge is -2.37. The highest BCUT2D eigenvalue weighted by Crippen LogP contribution is 2.35. The summed E-state index contributed by atoms with van der Waals surface area (Å²) in [6.45, 7) is 16.4. The molecule has 0 saturated carbocycles. The fourth-order valence-electron chi connectivity index (χ4n) is 4.72. The van der Waals surface area contributed by atoms with Crippen molar-refractivity contribution in [2.75, 3.05) is 45.8 Å². The molecule has 3 aliphatic heterocycles. The first kappa shape index (κ1) is 17.3. The molecule has 0 amide bonds. The van der Waals surface area contributed by atoms with Gasteiger partial charge in [-0.05, 0) is 44.0 Å². The van der Waals surface area contributed by atoms with Crippen molar-refractivity contribution >= 4 is 0 Å². The molecule has 1 atom stereocenters. The number of nitrogens with zero attached hydrogens (tertiary/aromatic N) is 3. The second kappa shape index (κ2) is 6.90. The predicted octanol–water partition coefficient (Wildman–Crippen LogP) is 2.61. The topological polar surface area (TPSA) is 19.0 Å². The highest BCUT2D eigenvalue weighted by molar-refractivity contribution is 5.41. The van der Waals surface area contributed by atoms with E-state index >= 15 is 0 Å². The second-order valence-corrected chi connectivity index (χ2v) is 8.63. The van der Waals surface area contributed by atoms with E-state index in [1.54, 1.807) is 0 Å². The Morgan fingerprint density at radius 2 is 1.88 bits per heavy atom.